The molecule has 2 amide bonds. The highest BCUT2D eigenvalue weighted by Crippen LogP contribution is 2.42. The Kier molecular flexibility index (Phi) is 7.09. The normalized spacial score (nSPS) is 17.6. The van der Waals surface area contributed by atoms with Crippen LogP contribution < -0.4 is 10.2 Å². The van der Waals surface area contributed by atoms with Gasteiger partial charge in [-0.2, -0.15) is 5.26 Å². The van der Waals surface area contributed by atoms with Gasteiger partial charge in [-0.05, 0) is 48.2 Å². The van der Waals surface area contributed by atoms with Crippen molar-refractivity contribution < 1.29 is 9.59 Å². The van der Waals surface area contributed by atoms with Gasteiger partial charge in [-0.15, -0.1) is 0 Å². The molecule has 1 fully saturated rings. The maximum atomic E-state index is 13.3. The summed E-state index contributed by atoms with van der Waals surface area (Å²) in [4.78, 5) is 27.1. The first-order valence-electron chi connectivity index (χ1n) is 9.29. The van der Waals surface area contributed by atoms with E-state index in [9.17, 15) is 14.9 Å². The monoisotopic (exact) mass is 459 g/mol. The summed E-state index contributed by atoms with van der Waals surface area (Å²) in [7, 11) is 1.45. The summed E-state index contributed by atoms with van der Waals surface area (Å²) in [5, 5.41) is 12.8. The number of thioether (sulfide) groups is 1. The van der Waals surface area contributed by atoms with Crippen molar-refractivity contribution in [3.63, 3.8) is 0 Å². The Balaban J connectivity index is 2.03. The molecule has 8 heteroatoms. The number of benzene rings is 2. The van der Waals surface area contributed by atoms with Crippen molar-refractivity contribution in [1.82, 2.24) is 5.32 Å². The van der Waals surface area contributed by atoms with Crippen molar-refractivity contribution in [3.05, 3.63) is 74.2 Å². The molecule has 0 spiro atoms. The molecule has 0 radical (unpaired) electrons. The summed E-state index contributed by atoms with van der Waals surface area (Å²) < 4.78 is 0. The number of nitrogens with one attached hydrogen (secondary N) is 1. The number of anilines is 1. The third kappa shape index (κ3) is 4.49. The fourth-order valence-corrected chi connectivity index (χ4v) is 4.74. The van der Waals surface area contributed by atoms with E-state index in [-0.39, 0.29) is 11.5 Å². The van der Waals surface area contributed by atoms with E-state index >= 15 is 0 Å². The smallest absolute Gasteiger partial charge is 0.264 e. The van der Waals surface area contributed by atoms with Crippen LogP contribution in [0, 0.1) is 11.3 Å². The number of rotatable bonds is 5. The van der Waals surface area contributed by atoms with Gasteiger partial charge in [0.15, 0.2) is 0 Å². The molecule has 1 atom stereocenters. The first kappa shape index (κ1) is 22.2. The number of carbonyl (C=O) groups excluding carboxylic acids is 2. The molecule has 2 aromatic carbocycles. The molecule has 1 heterocycles. The first-order chi connectivity index (χ1) is 14.4. The number of likely N-dealkylation sites (N-methyl/N-ethyl adjacent to an activating group) is 1. The van der Waals surface area contributed by atoms with Crippen molar-refractivity contribution in [3.8, 4) is 6.07 Å². The van der Waals surface area contributed by atoms with E-state index in [0.717, 1.165) is 17.5 Å². The molecule has 1 unspecified atom stereocenters. The number of amides is 2. The number of hydrogen-bond donors (Lipinski definition) is 1. The van der Waals surface area contributed by atoms with Crippen LogP contribution in [0.1, 0.15) is 18.1 Å². The maximum Gasteiger partial charge on any atom is 0.264 e. The van der Waals surface area contributed by atoms with Crippen LogP contribution in [0.4, 0.5) is 5.69 Å². The fraction of sp³-hybridized carbons (Fsp3) is 0.227. The molecule has 154 valence electrons. The zero-order chi connectivity index (χ0) is 21.8. The van der Waals surface area contributed by atoms with E-state index in [0.29, 0.717) is 27.2 Å². The van der Waals surface area contributed by atoms with Crippen LogP contribution in [0.25, 0.3) is 0 Å². The summed E-state index contributed by atoms with van der Waals surface area (Å²) in [6.45, 7) is 2.05. The van der Waals surface area contributed by atoms with Gasteiger partial charge in [0.1, 0.15) is 16.7 Å². The number of nitriles is 1. The molecule has 5 nitrogen and oxygen atoms in total. The molecule has 1 aliphatic heterocycles. The quantitative estimate of drug-likeness (QED) is 0.517. The minimum atomic E-state index is -0.529. The Morgan fingerprint density at radius 3 is 2.40 bits per heavy atom. The molecule has 1 N–H and O–H groups in total. The molecule has 0 saturated carbocycles. The lowest BCUT2D eigenvalue weighted by atomic mass is 10.1. The van der Waals surface area contributed by atoms with Gasteiger partial charge in [0, 0.05) is 12.7 Å². The Bertz CT molecular complexity index is 1060. The van der Waals surface area contributed by atoms with E-state index in [1.165, 1.54) is 23.7 Å². The summed E-state index contributed by atoms with van der Waals surface area (Å²) in [5.41, 5.74) is 2.50. The zero-order valence-electron chi connectivity index (χ0n) is 16.4. The van der Waals surface area contributed by atoms with Crippen LogP contribution in [0.5, 0.6) is 0 Å². The Morgan fingerprint density at radius 2 is 1.83 bits per heavy atom. The van der Waals surface area contributed by atoms with Gasteiger partial charge in [0.2, 0.25) is 5.91 Å². The lowest BCUT2D eigenvalue weighted by molar-refractivity contribution is -0.117. The lowest BCUT2D eigenvalue weighted by Gasteiger charge is -2.19. The number of carbonyl (C=O) groups is 2. The average molecular weight is 460 g/mol. The second-order valence-corrected chi connectivity index (χ2v) is 8.63. The van der Waals surface area contributed by atoms with Gasteiger partial charge in [-0.3, -0.25) is 14.5 Å². The molecule has 3 rings (SSSR count). The lowest BCUT2D eigenvalue weighted by Crippen LogP contribution is -2.31. The first-order valence-corrected chi connectivity index (χ1v) is 10.9. The number of halogens is 2. The largest absolute Gasteiger partial charge is 0.354 e. The van der Waals surface area contributed by atoms with E-state index in [1.54, 1.807) is 12.1 Å². The van der Waals surface area contributed by atoms with E-state index in [1.807, 2.05) is 43.3 Å². The van der Waals surface area contributed by atoms with Gasteiger partial charge in [0.25, 0.3) is 5.91 Å². The van der Waals surface area contributed by atoms with E-state index in [2.05, 4.69) is 5.32 Å². The summed E-state index contributed by atoms with van der Waals surface area (Å²) >= 11 is 13.3. The van der Waals surface area contributed by atoms with Crippen LogP contribution in [0.2, 0.25) is 10.0 Å². The number of aryl methyl sites for hydroxylation is 1. The molecule has 2 aromatic rings. The van der Waals surface area contributed by atoms with Crippen LogP contribution in [0.3, 0.4) is 0 Å². The third-order valence-electron chi connectivity index (χ3n) is 4.74. The van der Waals surface area contributed by atoms with Crippen LogP contribution in [-0.4, -0.2) is 24.1 Å². The molecular formula is C22H19Cl2N3O2S. The molecule has 0 aliphatic carbocycles. The third-order valence-corrected chi connectivity index (χ3v) is 6.74. The van der Waals surface area contributed by atoms with Gasteiger partial charge >= 0.3 is 0 Å². The van der Waals surface area contributed by atoms with Gasteiger partial charge in [-0.1, -0.05) is 60.1 Å². The van der Waals surface area contributed by atoms with E-state index < -0.39 is 11.2 Å². The highest BCUT2D eigenvalue weighted by molar-refractivity contribution is 8.05. The zero-order valence-corrected chi connectivity index (χ0v) is 18.7. The van der Waals surface area contributed by atoms with Crippen LogP contribution in [0.15, 0.2) is 53.1 Å². The topological polar surface area (TPSA) is 73.2 Å². The van der Waals surface area contributed by atoms with E-state index in [4.69, 9.17) is 23.2 Å². The highest BCUT2D eigenvalue weighted by Gasteiger charge is 2.40. The number of hydrogen-bond acceptors (Lipinski definition) is 4. The summed E-state index contributed by atoms with van der Waals surface area (Å²) in [5.74, 6) is -0.722. The average Bonchev–Trinajstić information content (AvgIpc) is 3.06. The van der Waals surface area contributed by atoms with Crippen molar-refractivity contribution in [2.45, 2.75) is 25.0 Å². The van der Waals surface area contributed by atoms with Crippen molar-refractivity contribution >= 4 is 52.5 Å². The highest BCUT2D eigenvalue weighted by atomic mass is 35.5. The van der Waals surface area contributed by atoms with Gasteiger partial charge in [0.05, 0.1) is 15.3 Å². The predicted molar refractivity (Wildman–Crippen MR) is 122 cm³/mol. The Labute approximate surface area is 189 Å². The summed E-state index contributed by atoms with van der Waals surface area (Å²) in [6, 6.07) is 14.7. The van der Waals surface area contributed by atoms with Crippen LogP contribution >= 0.6 is 35.0 Å². The van der Waals surface area contributed by atoms with Gasteiger partial charge in [-0.25, -0.2) is 0 Å². The van der Waals surface area contributed by atoms with Crippen molar-refractivity contribution in [2.75, 3.05) is 11.9 Å². The second kappa shape index (κ2) is 9.57. The Hall–Kier alpha value is -2.46. The molecule has 1 saturated heterocycles. The minimum Gasteiger partial charge on any atom is -0.354 e. The number of nitrogens with zero attached hydrogens (tertiary/aromatic N) is 2. The molecule has 30 heavy (non-hydrogen) atoms. The predicted octanol–water partition coefficient (Wildman–Crippen LogP) is 4.73. The van der Waals surface area contributed by atoms with Crippen molar-refractivity contribution in [2.24, 2.45) is 0 Å². The molecular weight excluding hydrogens is 441 g/mol. The second-order valence-electron chi connectivity index (χ2n) is 6.62. The van der Waals surface area contributed by atoms with Crippen LogP contribution in [-0.2, 0) is 22.4 Å². The maximum absolute atomic E-state index is 13.3. The minimum absolute atomic E-state index is 0.0907. The SMILES string of the molecule is CCc1ccc(N2C(=O)C(Cc3ccc(Cl)c(Cl)c3)S/C2=C(/C#N)C(=O)NC)cc1. The standard InChI is InChI=1S/C22H19Cl2N3O2S/c1-3-13-4-7-15(8-5-13)27-21(29)19(11-14-6-9-17(23)18(24)10-14)30-22(27)16(12-25)20(28)26-2/h4-10,19H,3,11H2,1-2H3,(H,26,28)/b22-16-. The van der Waals surface area contributed by atoms with Crippen molar-refractivity contribution in [1.29, 1.82) is 5.26 Å². The Morgan fingerprint density at radius 1 is 1.17 bits per heavy atom. The fourth-order valence-electron chi connectivity index (χ4n) is 3.11. The van der Waals surface area contributed by atoms with Gasteiger partial charge < -0.3 is 5.32 Å². The summed E-state index contributed by atoms with van der Waals surface area (Å²) in [6.07, 6.45) is 1.26. The molecule has 0 bridgehead atoms. The molecule has 1 aliphatic rings. The molecule has 0 aromatic heterocycles.